The first kappa shape index (κ1) is 25.6. The largest absolute Gasteiger partial charge is 0.372 e. The Balaban J connectivity index is 0.00000306. The molecule has 2 saturated heterocycles. The topological polar surface area (TPSA) is 55.8 Å². The second-order valence-corrected chi connectivity index (χ2v) is 9.01. The minimum absolute atomic E-state index is 0. The van der Waals surface area contributed by atoms with Gasteiger partial charge in [0, 0.05) is 51.7 Å². The Morgan fingerprint density at radius 1 is 0.970 bits per heavy atom. The highest BCUT2D eigenvalue weighted by atomic mass is 127. The molecule has 1 unspecified atom stereocenters. The molecule has 0 bridgehead atoms. The molecule has 3 heterocycles. The predicted octanol–water partition coefficient (Wildman–Crippen LogP) is 5.11. The summed E-state index contributed by atoms with van der Waals surface area (Å²) in [6, 6.07) is 13.4. The van der Waals surface area contributed by atoms with Crippen LogP contribution in [0, 0.1) is 0 Å². The summed E-state index contributed by atoms with van der Waals surface area (Å²) in [7, 11) is 1.82. The molecule has 2 N–H and O–H groups in total. The maximum absolute atomic E-state index is 4.72. The summed E-state index contributed by atoms with van der Waals surface area (Å²) in [5.74, 6) is 1.91. The second kappa shape index (κ2) is 13.0. The number of rotatable bonds is 6. The lowest BCUT2D eigenvalue weighted by molar-refractivity contribution is 0.684. The third-order valence-corrected chi connectivity index (χ3v) is 6.62. The number of hydrogen-bond acceptors (Lipinski definition) is 4. The average Bonchev–Trinajstić information content (AvgIpc) is 3.25. The number of benzene rings is 1. The van der Waals surface area contributed by atoms with Crippen LogP contribution in [0.25, 0.3) is 0 Å². The van der Waals surface area contributed by atoms with Crippen molar-refractivity contribution >= 4 is 41.4 Å². The first-order valence-electron chi connectivity index (χ1n) is 12.2. The van der Waals surface area contributed by atoms with Crippen molar-refractivity contribution in [1.29, 1.82) is 0 Å². The zero-order chi connectivity index (χ0) is 22.2. The van der Waals surface area contributed by atoms with Crippen LogP contribution in [-0.2, 0) is 6.54 Å². The fraction of sp³-hybridized carbons (Fsp3) is 0.538. The Morgan fingerprint density at radius 3 is 2.33 bits per heavy atom. The molecule has 0 aliphatic carbocycles. The molecule has 0 radical (unpaired) electrons. The monoisotopic (exact) mass is 562 g/mol. The summed E-state index contributed by atoms with van der Waals surface area (Å²) in [5, 5.41) is 6.97. The molecule has 0 spiro atoms. The van der Waals surface area contributed by atoms with Gasteiger partial charge < -0.3 is 20.4 Å². The van der Waals surface area contributed by atoms with Crippen molar-refractivity contribution in [2.24, 2.45) is 4.99 Å². The van der Waals surface area contributed by atoms with Gasteiger partial charge in [0.25, 0.3) is 0 Å². The van der Waals surface area contributed by atoms with Gasteiger partial charge in [-0.25, -0.2) is 4.98 Å². The molecule has 180 valence electrons. The number of guanidine groups is 1. The summed E-state index contributed by atoms with van der Waals surface area (Å²) in [4.78, 5) is 14.0. The van der Waals surface area contributed by atoms with E-state index in [9.17, 15) is 0 Å². The highest BCUT2D eigenvalue weighted by Crippen LogP contribution is 2.24. The van der Waals surface area contributed by atoms with Crippen molar-refractivity contribution in [2.75, 3.05) is 43.0 Å². The van der Waals surface area contributed by atoms with E-state index in [1.165, 1.54) is 62.9 Å². The Kier molecular flexibility index (Phi) is 10.1. The van der Waals surface area contributed by atoms with E-state index < -0.39 is 0 Å². The van der Waals surface area contributed by atoms with Crippen molar-refractivity contribution in [1.82, 2.24) is 15.6 Å². The lowest BCUT2D eigenvalue weighted by Crippen LogP contribution is -2.38. The van der Waals surface area contributed by atoms with Gasteiger partial charge in [-0.3, -0.25) is 4.99 Å². The highest BCUT2D eigenvalue weighted by Gasteiger charge is 2.15. The molecule has 2 aromatic rings. The number of pyridine rings is 1. The van der Waals surface area contributed by atoms with Crippen LogP contribution >= 0.6 is 24.0 Å². The minimum Gasteiger partial charge on any atom is -0.372 e. The van der Waals surface area contributed by atoms with E-state index in [1.807, 2.05) is 13.2 Å². The van der Waals surface area contributed by atoms with Gasteiger partial charge in [-0.05, 0) is 61.9 Å². The number of hydrogen-bond donors (Lipinski definition) is 2. The third-order valence-electron chi connectivity index (χ3n) is 6.62. The van der Waals surface area contributed by atoms with Gasteiger partial charge in [0.15, 0.2) is 5.96 Å². The van der Waals surface area contributed by atoms with Crippen molar-refractivity contribution in [2.45, 2.75) is 58.0 Å². The van der Waals surface area contributed by atoms with Crippen LogP contribution in [0.2, 0.25) is 0 Å². The summed E-state index contributed by atoms with van der Waals surface area (Å²) in [5.41, 5.74) is 3.77. The smallest absolute Gasteiger partial charge is 0.191 e. The van der Waals surface area contributed by atoms with Gasteiger partial charge in [0.05, 0.1) is 6.04 Å². The van der Waals surface area contributed by atoms with Crippen molar-refractivity contribution in [3.05, 3.63) is 53.7 Å². The molecule has 33 heavy (non-hydrogen) atoms. The molecular weight excluding hydrogens is 523 g/mol. The Morgan fingerprint density at radius 2 is 1.67 bits per heavy atom. The van der Waals surface area contributed by atoms with Crippen LogP contribution in [0.15, 0.2) is 47.6 Å². The second-order valence-electron chi connectivity index (χ2n) is 9.01. The minimum atomic E-state index is 0. The molecule has 1 atom stereocenters. The van der Waals surface area contributed by atoms with Crippen LogP contribution in [0.1, 0.15) is 62.6 Å². The van der Waals surface area contributed by atoms with E-state index >= 15 is 0 Å². The van der Waals surface area contributed by atoms with Crippen LogP contribution in [0.4, 0.5) is 11.5 Å². The van der Waals surface area contributed by atoms with Crippen molar-refractivity contribution in [3.63, 3.8) is 0 Å². The number of nitrogens with one attached hydrogen (secondary N) is 2. The van der Waals surface area contributed by atoms with E-state index in [2.05, 4.69) is 68.7 Å². The predicted molar refractivity (Wildman–Crippen MR) is 150 cm³/mol. The number of halogens is 1. The fourth-order valence-electron chi connectivity index (χ4n) is 4.64. The van der Waals surface area contributed by atoms with Gasteiger partial charge in [-0.15, -0.1) is 24.0 Å². The van der Waals surface area contributed by atoms with E-state index in [0.29, 0.717) is 6.54 Å². The molecule has 7 heteroatoms. The Labute approximate surface area is 216 Å². The molecule has 1 aromatic carbocycles. The maximum atomic E-state index is 4.72. The molecule has 1 aromatic heterocycles. The van der Waals surface area contributed by atoms with E-state index in [0.717, 1.165) is 30.4 Å². The van der Waals surface area contributed by atoms with Crippen molar-refractivity contribution in [3.8, 4) is 0 Å². The van der Waals surface area contributed by atoms with Gasteiger partial charge in [0.1, 0.15) is 5.82 Å². The average molecular weight is 563 g/mol. The quantitative estimate of drug-likeness (QED) is 0.291. The van der Waals surface area contributed by atoms with Crippen molar-refractivity contribution < 1.29 is 0 Å². The summed E-state index contributed by atoms with van der Waals surface area (Å²) < 4.78 is 0. The molecule has 0 amide bonds. The van der Waals surface area contributed by atoms with Gasteiger partial charge in [-0.1, -0.05) is 31.0 Å². The SMILES string of the molecule is CN=C(NCc1ccc(N2CCCCCC2)nc1)NC(C)c1cccc(N2CCCC2)c1.I. The summed E-state index contributed by atoms with van der Waals surface area (Å²) in [6.07, 6.45) is 9.80. The lowest BCUT2D eigenvalue weighted by Gasteiger charge is -2.22. The molecule has 0 saturated carbocycles. The van der Waals surface area contributed by atoms with E-state index in [4.69, 9.17) is 4.98 Å². The van der Waals surface area contributed by atoms with Crippen LogP contribution in [0.5, 0.6) is 0 Å². The Bertz CT molecular complexity index is 871. The van der Waals surface area contributed by atoms with Crippen LogP contribution < -0.4 is 20.4 Å². The number of nitrogens with zero attached hydrogens (tertiary/aromatic N) is 4. The normalized spacial score (nSPS) is 17.8. The highest BCUT2D eigenvalue weighted by molar-refractivity contribution is 14.0. The lowest BCUT2D eigenvalue weighted by atomic mass is 10.1. The molecular formula is C26H39IN6. The van der Waals surface area contributed by atoms with Crippen LogP contribution in [-0.4, -0.2) is 44.2 Å². The third kappa shape index (κ3) is 7.22. The number of anilines is 2. The fourth-order valence-corrected chi connectivity index (χ4v) is 4.64. The zero-order valence-electron chi connectivity index (χ0n) is 20.1. The van der Waals surface area contributed by atoms with Gasteiger partial charge in [-0.2, -0.15) is 0 Å². The number of aromatic nitrogens is 1. The van der Waals surface area contributed by atoms with Gasteiger partial charge >= 0.3 is 0 Å². The summed E-state index contributed by atoms with van der Waals surface area (Å²) in [6.45, 7) is 7.47. The van der Waals surface area contributed by atoms with Crippen LogP contribution in [0.3, 0.4) is 0 Å². The standard InChI is InChI=1S/C26H38N6.HI/c1-21(23-10-9-11-24(18-23)31-14-7-8-15-31)30-26(27-2)29-20-22-12-13-25(28-19-22)32-16-5-3-4-6-17-32;/h9-13,18-19,21H,3-8,14-17,20H2,1-2H3,(H2,27,29,30);1H. The first-order chi connectivity index (χ1) is 15.7. The molecule has 6 nitrogen and oxygen atoms in total. The van der Waals surface area contributed by atoms with Gasteiger partial charge in [0.2, 0.25) is 0 Å². The molecule has 4 rings (SSSR count). The maximum Gasteiger partial charge on any atom is 0.191 e. The zero-order valence-corrected chi connectivity index (χ0v) is 22.4. The number of aliphatic imine (C=N–C) groups is 1. The molecule has 2 aliphatic heterocycles. The molecule has 2 aliphatic rings. The Hall–Kier alpha value is -2.03. The van der Waals surface area contributed by atoms with E-state index in [-0.39, 0.29) is 30.0 Å². The first-order valence-corrected chi connectivity index (χ1v) is 12.2. The van der Waals surface area contributed by atoms with E-state index in [1.54, 1.807) is 0 Å². The molecule has 2 fully saturated rings. The summed E-state index contributed by atoms with van der Waals surface area (Å²) >= 11 is 0.